The lowest BCUT2D eigenvalue weighted by molar-refractivity contribution is -0.121. The van der Waals surface area contributed by atoms with Crippen LogP contribution in [0, 0.1) is 17.2 Å². The van der Waals surface area contributed by atoms with E-state index in [2.05, 4.69) is 20.4 Å². The molecule has 2 aliphatic rings. The van der Waals surface area contributed by atoms with Crippen molar-refractivity contribution in [3.05, 3.63) is 46.6 Å². The van der Waals surface area contributed by atoms with Crippen molar-refractivity contribution in [2.75, 3.05) is 18.0 Å². The second-order valence-corrected chi connectivity index (χ2v) is 9.37. The number of aromatic nitrogens is 2. The summed E-state index contributed by atoms with van der Waals surface area (Å²) in [7, 11) is 0. The maximum atomic E-state index is 12.7. The van der Waals surface area contributed by atoms with E-state index in [1.165, 1.54) is 0 Å². The molecule has 2 fully saturated rings. The molecule has 0 unspecified atom stereocenters. The van der Waals surface area contributed by atoms with Crippen molar-refractivity contribution in [2.45, 2.75) is 57.6 Å². The van der Waals surface area contributed by atoms with Crippen molar-refractivity contribution >= 4 is 29.1 Å². The quantitative estimate of drug-likeness (QED) is 0.665. The first-order valence-electron chi connectivity index (χ1n) is 11.7. The molecule has 0 spiro atoms. The second kappa shape index (κ2) is 10.8. The third kappa shape index (κ3) is 5.84. The molecular formula is C25H28ClN5O3. The molecule has 2 aromatic rings. The van der Waals surface area contributed by atoms with Gasteiger partial charge in [-0.2, -0.15) is 5.26 Å². The summed E-state index contributed by atoms with van der Waals surface area (Å²) in [6.07, 6.45) is 4.91. The lowest BCUT2D eigenvalue weighted by Crippen LogP contribution is -2.40. The largest absolute Gasteiger partial charge is 0.490 e. The van der Waals surface area contributed by atoms with Gasteiger partial charge in [0.25, 0.3) is 5.91 Å². The summed E-state index contributed by atoms with van der Waals surface area (Å²) >= 11 is 6.08. The predicted molar refractivity (Wildman–Crippen MR) is 128 cm³/mol. The Morgan fingerprint density at radius 2 is 1.82 bits per heavy atom. The van der Waals surface area contributed by atoms with E-state index in [1.807, 2.05) is 12.1 Å². The minimum atomic E-state index is -0.224. The van der Waals surface area contributed by atoms with Gasteiger partial charge in [-0.05, 0) is 69.7 Å². The molecule has 2 heterocycles. The van der Waals surface area contributed by atoms with E-state index < -0.39 is 0 Å². The molecule has 1 aliphatic heterocycles. The Morgan fingerprint density at radius 3 is 2.41 bits per heavy atom. The smallest absolute Gasteiger partial charge is 0.272 e. The van der Waals surface area contributed by atoms with Gasteiger partial charge in [-0.1, -0.05) is 11.6 Å². The Morgan fingerprint density at radius 1 is 1.09 bits per heavy atom. The van der Waals surface area contributed by atoms with Crippen LogP contribution in [0.3, 0.4) is 0 Å². The van der Waals surface area contributed by atoms with E-state index in [0.717, 1.165) is 57.4 Å². The first-order chi connectivity index (χ1) is 16.4. The number of nitrogens with one attached hydrogen (secondary N) is 1. The van der Waals surface area contributed by atoms with Gasteiger partial charge in [0.05, 0.1) is 16.7 Å². The maximum absolute atomic E-state index is 12.7. The molecule has 9 heteroatoms. The van der Waals surface area contributed by atoms with E-state index in [4.69, 9.17) is 21.6 Å². The molecule has 1 aromatic heterocycles. The molecule has 0 bridgehead atoms. The monoisotopic (exact) mass is 481 g/mol. The van der Waals surface area contributed by atoms with E-state index in [9.17, 15) is 9.59 Å². The zero-order chi connectivity index (χ0) is 24.1. The molecule has 0 radical (unpaired) electrons. The van der Waals surface area contributed by atoms with Gasteiger partial charge in [-0.25, -0.2) is 0 Å². The lowest BCUT2D eigenvalue weighted by Gasteiger charge is -2.31. The van der Waals surface area contributed by atoms with Crippen LogP contribution in [-0.4, -0.2) is 47.1 Å². The Labute approximate surface area is 204 Å². The number of hydrogen-bond acceptors (Lipinski definition) is 7. The second-order valence-electron chi connectivity index (χ2n) is 8.97. The predicted octanol–water partition coefficient (Wildman–Crippen LogP) is 3.93. The number of ether oxygens (including phenoxy) is 1. The fourth-order valence-electron chi connectivity index (χ4n) is 4.57. The number of amides is 1. The summed E-state index contributed by atoms with van der Waals surface area (Å²) in [6, 6.07) is 10.7. The van der Waals surface area contributed by atoms with E-state index in [1.54, 1.807) is 31.2 Å². The standard InChI is InChI=1S/C25H28ClN5O3/c1-16(32)17-10-12-31(13-11-17)24-9-8-23(29-30-24)25(33)28-19-3-6-20(7-4-19)34-21-5-2-18(15-27)22(26)14-21/h2,5,8-9,14,17,19-20H,3-4,6-7,10-13H2,1H3,(H,28,33). The van der Waals surface area contributed by atoms with Gasteiger partial charge < -0.3 is 15.0 Å². The Kier molecular flexibility index (Phi) is 7.63. The van der Waals surface area contributed by atoms with Crippen molar-refractivity contribution in [3.8, 4) is 11.8 Å². The molecule has 1 aliphatic carbocycles. The number of halogens is 1. The van der Waals surface area contributed by atoms with Crippen molar-refractivity contribution in [3.63, 3.8) is 0 Å². The van der Waals surface area contributed by atoms with Crippen LogP contribution in [0.2, 0.25) is 5.02 Å². The molecule has 1 amide bonds. The van der Waals surface area contributed by atoms with Gasteiger partial charge >= 0.3 is 0 Å². The van der Waals surface area contributed by atoms with Crippen LogP contribution in [-0.2, 0) is 4.79 Å². The third-order valence-corrected chi connectivity index (χ3v) is 6.96. The Hall–Kier alpha value is -3.18. The van der Waals surface area contributed by atoms with E-state index in [-0.39, 0.29) is 29.8 Å². The molecule has 1 aromatic carbocycles. The normalized spacial score (nSPS) is 20.9. The zero-order valence-corrected chi connectivity index (χ0v) is 19.9. The SMILES string of the molecule is CC(=O)C1CCN(c2ccc(C(=O)NC3CCC(Oc4ccc(C#N)c(Cl)c4)CC3)nn2)CC1. The summed E-state index contributed by atoms with van der Waals surface area (Å²) in [5.74, 6) is 1.54. The highest BCUT2D eigenvalue weighted by molar-refractivity contribution is 6.31. The molecule has 8 nitrogen and oxygen atoms in total. The van der Waals surface area contributed by atoms with Gasteiger partial charge in [0, 0.05) is 31.1 Å². The molecule has 178 valence electrons. The fraction of sp³-hybridized carbons (Fsp3) is 0.480. The molecule has 34 heavy (non-hydrogen) atoms. The number of anilines is 1. The lowest BCUT2D eigenvalue weighted by atomic mass is 9.92. The summed E-state index contributed by atoms with van der Waals surface area (Å²) in [6.45, 7) is 3.19. The van der Waals surface area contributed by atoms with Gasteiger partial charge in [0.15, 0.2) is 11.5 Å². The van der Waals surface area contributed by atoms with E-state index in [0.29, 0.717) is 22.0 Å². The highest BCUT2D eigenvalue weighted by atomic mass is 35.5. The number of ketones is 1. The van der Waals surface area contributed by atoms with Gasteiger partial charge in [-0.15, -0.1) is 10.2 Å². The van der Waals surface area contributed by atoms with E-state index >= 15 is 0 Å². The first kappa shape index (κ1) is 24.0. The summed E-state index contributed by atoms with van der Waals surface area (Å²) in [5, 5.41) is 20.8. The molecule has 4 rings (SSSR count). The number of nitriles is 1. The maximum Gasteiger partial charge on any atom is 0.272 e. The van der Waals surface area contributed by atoms with Crippen LogP contribution in [0.1, 0.15) is 61.5 Å². The Bertz CT molecular complexity index is 1070. The number of Topliss-reactive ketones (excluding diaryl/α,β-unsaturated/α-hetero) is 1. The molecule has 1 saturated heterocycles. The van der Waals surface area contributed by atoms with Crippen molar-refractivity contribution in [1.82, 2.24) is 15.5 Å². The topological polar surface area (TPSA) is 108 Å². The van der Waals surface area contributed by atoms with Crippen LogP contribution >= 0.6 is 11.6 Å². The average Bonchev–Trinajstić information content (AvgIpc) is 2.85. The van der Waals surface area contributed by atoms with Gasteiger partial charge in [0.1, 0.15) is 17.6 Å². The van der Waals surface area contributed by atoms with Crippen LogP contribution < -0.4 is 15.0 Å². The minimum Gasteiger partial charge on any atom is -0.490 e. The Balaban J connectivity index is 1.23. The van der Waals surface area contributed by atoms with Crippen LogP contribution in [0.5, 0.6) is 5.75 Å². The molecular weight excluding hydrogens is 454 g/mol. The number of carbonyl (C=O) groups is 2. The molecule has 1 saturated carbocycles. The summed E-state index contributed by atoms with van der Waals surface area (Å²) in [4.78, 5) is 26.3. The van der Waals surface area contributed by atoms with Crippen LogP contribution in [0.25, 0.3) is 0 Å². The summed E-state index contributed by atoms with van der Waals surface area (Å²) in [5.41, 5.74) is 0.724. The highest BCUT2D eigenvalue weighted by Gasteiger charge is 2.26. The number of hydrogen-bond donors (Lipinski definition) is 1. The van der Waals surface area contributed by atoms with Crippen molar-refractivity contribution in [2.24, 2.45) is 5.92 Å². The molecule has 1 N–H and O–H groups in total. The summed E-state index contributed by atoms with van der Waals surface area (Å²) < 4.78 is 6.01. The van der Waals surface area contributed by atoms with Crippen LogP contribution in [0.15, 0.2) is 30.3 Å². The van der Waals surface area contributed by atoms with Crippen molar-refractivity contribution < 1.29 is 14.3 Å². The minimum absolute atomic E-state index is 0.0448. The number of nitrogens with zero attached hydrogens (tertiary/aromatic N) is 4. The first-order valence-corrected chi connectivity index (χ1v) is 12.1. The average molecular weight is 482 g/mol. The third-order valence-electron chi connectivity index (χ3n) is 6.65. The fourth-order valence-corrected chi connectivity index (χ4v) is 4.78. The number of rotatable bonds is 6. The van der Waals surface area contributed by atoms with Gasteiger partial charge in [-0.3, -0.25) is 9.59 Å². The number of benzene rings is 1. The zero-order valence-electron chi connectivity index (χ0n) is 19.2. The molecule has 0 atom stereocenters. The number of carbonyl (C=O) groups excluding carboxylic acids is 2. The van der Waals surface area contributed by atoms with Crippen LogP contribution in [0.4, 0.5) is 5.82 Å². The van der Waals surface area contributed by atoms with Gasteiger partial charge in [0.2, 0.25) is 0 Å². The number of piperidine rings is 1. The van der Waals surface area contributed by atoms with Crippen molar-refractivity contribution in [1.29, 1.82) is 5.26 Å². The highest BCUT2D eigenvalue weighted by Crippen LogP contribution is 2.27.